The lowest BCUT2D eigenvalue weighted by atomic mass is 10.1. The van der Waals surface area contributed by atoms with E-state index < -0.39 is 0 Å². The maximum Gasteiger partial charge on any atom is 0.273 e. The summed E-state index contributed by atoms with van der Waals surface area (Å²) in [5.74, 6) is -0.229. The predicted octanol–water partition coefficient (Wildman–Crippen LogP) is 0.618. The quantitative estimate of drug-likeness (QED) is 0.832. The molecule has 1 fully saturated rings. The van der Waals surface area contributed by atoms with Crippen molar-refractivity contribution in [1.82, 2.24) is 20.0 Å². The molecule has 0 spiro atoms. The molecule has 1 aliphatic rings. The first-order valence-corrected chi connectivity index (χ1v) is 7.50. The molecule has 0 aliphatic carbocycles. The van der Waals surface area contributed by atoms with Crippen LogP contribution in [-0.4, -0.2) is 46.1 Å². The smallest absolute Gasteiger partial charge is 0.273 e. The molecule has 0 saturated carbocycles. The molecule has 0 atom stereocenters. The van der Waals surface area contributed by atoms with Gasteiger partial charge in [-0.15, -0.1) is 0 Å². The molecule has 0 unspecified atom stereocenters. The fourth-order valence-corrected chi connectivity index (χ4v) is 2.44. The third kappa shape index (κ3) is 3.96. The van der Waals surface area contributed by atoms with E-state index in [4.69, 9.17) is 5.73 Å². The van der Waals surface area contributed by atoms with E-state index in [9.17, 15) is 9.59 Å². The molecule has 2 heterocycles. The molecular formula is C14H23N5O2. The number of nitrogens with one attached hydrogen (secondary N) is 1. The highest BCUT2D eigenvalue weighted by molar-refractivity contribution is 5.97. The molecule has 2 rings (SSSR count). The average molecular weight is 293 g/mol. The van der Waals surface area contributed by atoms with Gasteiger partial charge in [-0.25, -0.2) is 0 Å². The third-order valence-electron chi connectivity index (χ3n) is 3.66. The lowest BCUT2D eigenvalue weighted by Gasteiger charge is -2.26. The summed E-state index contributed by atoms with van der Waals surface area (Å²) < 4.78 is 1.61. The van der Waals surface area contributed by atoms with E-state index in [1.165, 1.54) is 6.42 Å². The highest BCUT2D eigenvalue weighted by atomic mass is 16.2. The molecule has 0 aromatic carbocycles. The average Bonchev–Trinajstić information content (AvgIpc) is 2.89. The van der Waals surface area contributed by atoms with Crippen molar-refractivity contribution in [3.63, 3.8) is 0 Å². The van der Waals surface area contributed by atoms with E-state index in [0.29, 0.717) is 25.2 Å². The van der Waals surface area contributed by atoms with E-state index in [0.717, 1.165) is 25.9 Å². The Labute approximate surface area is 124 Å². The number of anilines is 1. The van der Waals surface area contributed by atoms with Crippen LogP contribution in [0.2, 0.25) is 0 Å². The molecule has 1 aliphatic heterocycles. The van der Waals surface area contributed by atoms with Gasteiger partial charge in [0.1, 0.15) is 0 Å². The Morgan fingerprint density at radius 2 is 2.05 bits per heavy atom. The lowest BCUT2D eigenvalue weighted by molar-refractivity contribution is -0.131. The lowest BCUT2D eigenvalue weighted by Crippen LogP contribution is -2.37. The highest BCUT2D eigenvalue weighted by Gasteiger charge is 2.18. The van der Waals surface area contributed by atoms with E-state index in [2.05, 4.69) is 10.4 Å². The molecule has 7 nitrogen and oxygen atoms in total. The summed E-state index contributed by atoms with van der Waals surface area (Å²) in [6.07, 6.45) is 5.29. The molecule has 7 heteroatoms. The van der Waals surface area contributed by atoms with Crippen LogP contribution in [0.25, 0.3) is 0 Å². The first-order chi connectivity index (χ1) is 10.1. The van der Waals surface area contributed by atoms with Crippen molar-refractivity contribution >= 4 is 17.5 Å². The van der Waals surface area contributed by atoms with Gasteiger partial charge in [0.15, 0.2) is 5.69 Å². The first kappa shape index (κ1) is 15.3. The number of amides is 2. The van der Waals surface area contributed by atoms with Crippen molar-refractivity contribution < 1.29 is 9.59 Å². The fourth-order valence-electron chi connectivity index (χ4n) is 2.44. The number of nitrogen functional groups attached to an aromatic ring is 1. The maximum absolute atomic E-state index is 12.0. The Morgan fingerprint density at radius 3 is 2.67 bits per heavy atom. The van der Waals surface area contributed by atoms with Gasteiger partial charge < -0.3 is 16.0 Å². The molecule has 116 valence electrons. The number of likely N-dealkylation sites (tertiary alicyclic amines) is 1. The standard InChI is InChI=1S/C14H23N5O2/c1-2-19-10-11(15)13(17-19)14(21)16-7-6-12(20)18-8-4-3-5-9-18/h10H,2-9,15H2,1H3,(H,16,21). The van der Waals surface area contributed by atoms with Crippen LogP contribution in [0, 0.1) is 0 Å². The van der Waals surface area contributed by atoms with Gasteiger partial charge in [0, 0.05) is 38.8 Å². The van der Waals surface area contributed by atoms with Gasteiger partial charge in [0.05, 0.1) is 5.69 Å². The van der Waals surface area contributed by atoms with Gasteiger partial charge in [0.25, 0.3) is 5.91 Å². The van der Waals surface area contributed by atoms with Gasteiger partial charge in [-0.05, 0) is 26.2 Å². The topological polar surface area (TPSA) is 93.2 Å². The summed E-state index contributed by atoms with van der Waals surface area (Å²) in [7, 11) is 0. The van der Waals surface area contributed by atoms with Crippen LogP contribution in [-0.2, 0) is 11.3 Å². The second-order valence-corrected chi connectivity index (χ2v) is 5.24. The summed E-state index contributed by atoms with van der Waals surface area (Å²) in [6, 6.07) is 0. The Kier molecular flexibility index (Phi) is 5.19. The van der Waals surface area contributed by atoms with Gasteiger partial charge in [-0.1, -0.05) is 0 Å². The number of carbonyl (C=O) groups is 2. The maximum atomic E-state index is 12.0. The molecule has 2 amide bonds. The normalized spacial score (nSPS) is 15.0. The van der Waals surface area contributed by atoms with E-state index in [-0.39, 0.29) is 17.5 Å². The van der Waals surface area contributed by atoms with Crippen LogP contribution < -0.4 is 11.1 Å². The van der Waals surface area contributed by atoms with Crippen molar-refractivity contribution in [2.45, 2.75) is 39.2 Å². The molecule has 1 aromatic rings. The summed E-state index contributed by atoms with van der Waals surface area (Å²) >= 11 is 0. The number of nitrogens with two attached hydrogens (primary N) is 1. The summed E-state index contributed by atoms with van der Waals surface area (Å²) in [5.41, 5.74) is 6.33. The summed E-state index contributed by atoms with van der Waals surface area (Å²) in [4.78, 5) is 25.8. The highest BCUT2D eigenvalue weighted by Crippen LogP contribution is 2.10. The predicted molar refractivity (Wildman–Crippen MR) is 79.7 cm³/mol. The van der Waals surface area contributed by atoms with Crippen molar-refractivity contribution in [2.75, 3.05) is 25.4 Å². The number of aromatic nitrogens is 2. The Morgan fingerprint density at radius 1 is 1.33 bits per heavy atom. The third-order valence-corrected chi connectivity index (χ3v) is 3.66. The zero-order chi connectivity index (χ0) is 15.2. The van der Waals surface area contributed by atoms with Crippen molar-refractivity contribution in [3.8, 4) is 0 Å². The Balaban J connectivity index is 1.78. The Hall–Kier alpha value is -2.05. The van der Waals surface area contributed by atoms with Crippen LogP contribution in [0.4, 0.5) is 5.69 Å². The molecule has 1 saturated heterocycles. The largest absolute Gasteiger partial charge is 0.396 e. The van der Waals surface area contributed by atoms with E-state index in [1.54, 1.807) is 10.9 Å². The Bertz CT molecular complexity index is 505. The number of hydrogen-bond acceptors (Lipinski definition) is 4. The number of rotatable bonds is 5. The fraction of sp³-hybridized carbons (Fsp3) is 0.643. The number of nitrogens with zero attached hydrogens (tertiary/aromatic N) is 3. The van der Waals surface area contributed by atoms with Crippen LogP contribution in [0.1, 0.15) is 43.1 Å². The SMILES string of the molecule is CCn1cc(N)c(C(=O)NCCC(=O)N2CCCCC2)n1. The van der Waals surface area contributed by atoms with E-state index in [1.807, 2.05) is 11.8 Å². The van der Waals surface area contributed by atoms with Crippen molar-refractivity contribution in [2.24, 2.45) is 0 Å². The zero-order valence-electron chi connectivity index (χ0n) is 12.5. The number of aryl methyl sites for hydroxylation is 1. The number of carbonyl (C=O) groups excluding carboxylic acids is 2. The summed E-state index contributed by atoms with van der Waals surface area (Å²) in [5, 5.41) is 6.81. The second kappa shape index (κ2) is 7.10. The molecule has 1 aromatic heterocycles. The molecular weight excluding hydrogens is 270 g/mol. The van der Waals surface area contributed by atoms with Gasteiger partial charge in [0.2, 0.25) is 5.91 Å². The molecule has 21 heavy (non-hydrogen) atoms. The summed E-state index contributed by atoms with van der Waals surface area (Å²) in [6.45, 7) is 4.56. The van der Waals surface area contributed by atoms with Crippen molar-refractivity contribution in [3.05, 3.63) is 11.9 Å². The van der Waals surface area contributed by atoms with Crippen LogP contribution >= 0.6 is 0 Å². The minimum absolute atomic E-state index is 0.0991. The monoisotopic (exact) mass is 293 g/mol. The second-order valence-electron chi connectivity index (χ2n) is 5.24. The minimum atomic E-state index is -0.328. The molecule has 0 radical (unpaired) electrons. The van der Waals surface area contributed by atoms with Gasteiger partial charge in [-0.2, -0.15) is 5.10 Å². The van der Waals surface area contributed by atoms with Gasteiger partial charge >= 0.3 is 0 Å². The minimum Gasteiger partial charge on any atom is -0.396 e. The molecule has 3 N–H and O–H groups in total. The molecule has 0 bridgehead atoms. The first-order valence-electron chi connectivity index (χ1n) is 7.50. The van der Waals surface area contributed by atoms with Gasteiger partial charge in [-0.3, -0.25) is 14.3 Å². The van der Waals surface area contributed by atoms with Crippen LogP contribution in [0.3, 0.4) is 0 Å². The van der Waals surface area contributed by atoms with Crippen LogP contribution in [0.15, 0.2) is 6.20 Å². The number of hydrogen-bond donors (Lipinski definition) is 2. The van der Waals surface area contributed by atoms with Crippen molar-refractivity contribution in [1.29, 1.82) is 0 Å². The van der Waals surface area contributed by atoms with E-state index >= 15 is 0 Å². The number of piperidine rings is 1. The van der Waals surface area contributed by atoms with Crippen LogP contribution in [0.5, 0.6) is 0 Å². The zero-order valence-corrected chi connectivity index (χ0v) is 12.5.